The van der Waals surface area contributed by atoms with Crippen molar-refractivity contribution in [1.29, 1.82) is 0 Å². The molecule has 0 aromatic carbocycles. The highest BCUT2D eigenvalue weighted by Crippen LogP contribution is 2.24. The van der Waals surface area contributed by atoms with Crippen LogP contribution in [-0.2, 0) is 4.74 Å². The van der Waals surface area contributed by atoms with E-state index in [-0.39, 0.29) is 5.15 Å². The minimum Gasteiger partial charge on any atom is -0.465 e. The van der Waals surface area contributed by atoms with Gasteiger partial charge in [0.05, 0.1) is 7.11 Å². The second-order valence-corrected chi connectivity index (χ2v) is 4.69. The summed E-state index contributed by atoms with van der Waals surface area (Å²) in [6.45, 7) is 0. The maximum absolute atomic E-state index is 10.9. The molecule has 3 nitrogen and oxygen atoms in total. The zero-order valence-electron chi connectivity index (χ0n) is 5.43. The average molecular weight is 304 g/mol. The molecule has 0 saturated carbocycles. The summed E-state index contributed by atoms with van der Waals surface area (Å²) in [5.74, 6) is -0.435. The van der Waals surface area contributed by atoms with Crippen LogP contribution in [-0.4, -0.2) is 18.1 Å². The fraction of sp³-hybridized carbons (Fsp3) is 0.200. The largest absolute Gasteiger partial charge is 0.465 e. The van der Waals surface area contributed by atoms with E-state index in [1.165, 1.54) is 18.4 Å². The molecular formula is C5H3ClINO2S. The van der Waals surface area contributed by atoms with Gasteiger partial charge in [-0.1, -0.05) is 22.9 Å². The number of carbonyl (C=O) groups is 1. The van der Waals surface area contributed by atoms with Gasteiger partial charge in [-0.25, -0.2) is 9.78 Å². The summed E-state index contributed by atoms with van der Waals surface area (Å²) >= 11 is 8.82. The molecule has 0 fully saturated rings. The minimum absolute atomic E-state index is 0.214. The second-order valence-electron chi connectivity index (χ2n) is 1.58. The SMILES string of the molecule is COC(=O)c1sc(I)nc1Cl. The first-order valence-corrected chi connectivity index (χ1v) is 4.82. The first-order chi connectivity index (χ1) is 5.15. The normalized spacial score (nSPS) is 9.73. The van der Waals surface area contributed by atoms with Crippen LogP contribution in [0.25, 0.3) is 0 Å². The molecule has 0 spiro atoms. The van der Waals surface area contributed by atoms with Crippen LogP contribution in [0.1, 0.15) is 9.67 Å². The Morgan fingerprint density at radius 3 is 2.82 bits per heavy atom. The van der Waals surface area contributed by atoms with Crippen molar-refractivity contribution < 1.29 is 9.53 Å². The molecule has 6 heteroatoms. The molecule has 0 amide bonds. The van der Waals surface area contributed by atoms with Gasteiger partial charge in [-0.05, 0) is 22.6 Å². The average Bonchev–Trinajstić information content (AvgIpc) is 2.28. The zero-order chi connectivity index (χ0) is 8.43. The van der Waals surface area contributed by atoms with E-state index in [1.54, 1.807) is 0 Å². The topological polar surface area (TPSA) is 39.2 Å². The Morgan fingerprint density at radius 2 is 2.45 bits per heavy atom. The van der Waals surface area contributed by atoms with Gasteiger partial charge in [0.2, 0.25) is 0 Å². The second kappa shape index (κ2) is 3.68. The first-order valence-electron chi connectivity index (χ1n) is 2.55. The van der Waals surface area contributed by atoms with Gasteiger partial charge >= 0.3 is 5.97 Å². The molecule has 1 aromatic heterocycles. The lowest BCUT2D eigenvalue weighted by Gasteiger charge is -1.91. The van der Waals surface area contributed by atoms with Gasteiger partial charge in [-0.2, -0.15) is 0 Å². The fourth-order valence-corrected chi connectivity index (χ4v) is 2.47. The molecule has 60 valence electrons. The van der Waals surface area contributed by atoms with Gasteiger partial charge in [0, 0.05) is 0 Å². The summed E-state index contributed by atoms with van der Waals surface area (Å²) in [7, 11) is 1.31. The van der Waals surface area contributed by atoms with E-state index < -0.39 is 5.97 Å². The fourth-order valence-electron chi connectivity index (χ4n) is 0.496. The third-order valence-corrected chi connectivity index (χ3v) is 3.04. The van der Waals surface area contributed by atoms with Crippen molar-refractivity contribution in [2.45, 2.75) is 0 Å². The van der Waals surface area contributed by atoms with Crippen LogP contribution in [0, 0.1) is 3.01 Å². The predicted molar refractivity (Wildman–Crippen MR) is 51.2 cm³/mol. The molecule has 1 aromatic rings. The molecule has 0 aliphatic rings. The molecule has 0 bridgehead atoms. The van der Waals surface area contributed by atoms with Crippen molar-refractivity contribution in [1.82, 2.24) is 4.98 Å². The third-order valence-electron chi connectivity index (χ3n) is 0.930. The number of methoxy groups -OCH3 is 1. The van der Waals surface area contributed by atoms with Crippen LogP contribution < -0.4 is 0 Å². The monoisotopic (exact) mass is 303 g/mol. The van der Waals surface area contributed by atoms with Crippen molar-refractivity contribution in [3.63, 3.8) is 0 Å². The van der Waals surface area contributed by atoms with Crippen LogP contribution in [0.4, 0.5) is 0 Å². The molecule has 0 unspecified atom stereocenters. The number of hydrogen-bond acceptors (Lipinski definition) is 4. The Morgan fingerprint density at radius 1 is 1.82 bits per heavy atom. The number of carbonyl (C=O) groups excluding carboxylic acids is 1. The van der Waals surface area contributed by atoms with Gasteiger partial charge in [-0.15, -0.1) is 0 Å². The number of hydrogen-bond donors (Lipinski definition) is 0. The van der Waals surface area contributed by atoms with Gasteiger partial charge in [-0.3, -0.25) is 0 Å². The van der Waals surface area contributed by atoms with E-state index in [0.29, 0.717) is 4.88 Å². The molecule has 0 N–H and O–H groups in total. The molecule has 1 heterocycles. The summed E-state index contributed by atoms with van der Waals surface area (Å²) in [4.78, 5) is 15.1. The highest BCUT2D eigenvalue weighted by Gasteiger charge is 2.15. The number of aromatic nitrogens is 1. The number of thiazole rings is 1. The molecule has 0 atom stereocenters. The van der Waals surface area contributed by atoms with Crippen molar-refractivity contribution in [3.05, 3.63) is 13.0 Å². The molecule has 0 aliphatic heterocycles. The lowest BCUT2D eigenvalue weighted by Crippen LogP contribution is -1.98. The van der Waals surface area contributed by atoms with Crippen LogP contribution in [0.2, 0.25) is 5.15 Å². The molecular weight excluding hydrogens is 300 g/mol. The van der Waals surface area contributed by atoms with E-state index in [2.05, 4.69) is 9.72 Å². The Bertz CT molecular complexity index is 288. The van der Waals surface area contributed by atoms with Crippen LogP contribution in [0.5, 0.6) is 0 Å². The Hall–Kier alpha value is 0.120. The van der Waals surface area contributed by atoms with Crippen LogP contribution in [0.15, 0.2) is 0 Å². The van der Waals surface area contributed by atoms with E-state index in [9.17, 15) is 4.79 Å². The highest BCUT2D eigenvalue weighted by atomic mass is 127. The summed E-state index contributed by atoms with van der Waals surface area (Å²) in [5, 5.41) is 0.214. The molecule has 0 radical (unpaired) electrons. The number of esters is 1. The standard InChI is InChI=1S/C5H3ClINO2S/c1-10-4(9)2-3(6)8-5(7)11-2/h1H3. The number of halogens is 2. The van der Waals surface area contributed by atoms with E-state index >= 15 is 0 Å². The maximum atomic E-state index is 10.9. The Kier molecular flexibility index (Phi) is 3.08. The summed E-state index contributed by atoms with van der Waals surface area (Å²) < 4.78 is 5.20. The zero-order valence-corrected chi connectivity index (χ0v) is 9.16. The van der Waals surface area contributed by atoms with Crippen molar-refractivity contribution in [2.24, 2.45) is 0 Å². The van der Waals surface area contributed by atoms with Crippen molar-refractivity contribution in [2.75, 3.05) is 7.11 Å². The maximum Gasteiger partial charge on any atom is 0.351 e. The Labute approximate surface area is 85.9 Å². The van der Waals surface area contributed by atoms with Crippen molar-refractivity contribution >= 4 is 51.5 Å². The third kappa shape index (κ3) is 2.03. The summed E-state index contributed by atoms with van der Waals surface area (Å²) in [6, 6.07) is 0. The Balaban J connectivity index is 3.03. The smallest absolute Gasteiger partial charge is 0.351 e. The highest BCUT2D eigenvalue weighted by molar-refractivity contribution is 14.1. The van der Waals surface area contributed by atoms with E-state index in [0.717, 1.165) is 3.01 Å². The van der Waals surface area contributed by atoms with E-state index in [1.807, 2.05) is 22.6 Å². The molecule has 1 rings (SSSR count). The van der Waals surface area contributed by atoms with Gasteiger partial charge in [0.25, 0.3) is 0 Å². The van der Waals surface area contributed by atoms with Crippen LogP contribution in [0.3, 0.4) is 0 Å². The van der Waals surface area contributed by atoms with Crippen LogP contribution >= 0.6 is 45.5 Å². The number of nitrogens with zero attached hydrogens (tertiary/aromatic N) is 1. The summed E-state index contributed by atoms with van der Waals surface area (Å²) in [6.07, 6.45) is 0. The van der Waals surface area contributed by atoms with Gasteiger partial charge < -0.3 is 4.74 Å². The molecule has 11 heavy (non-hydrogen) atoms. The lowest BCUT2D eigenvalue weighted by molar-refractivity contribution is 0.0606. The van der Waals surface area contributed by atoms with Gasteiger partial charge in [0.1, 0.15) is 0 Å². The quantitative estimate of drug-likeness (QED) is 0.590. The van der Waals surface area contributed by atoms with E-state index in [4.69, 9.17) is 11.6 Å². The number of ether oxygens (including phenoxy) is 1. The lowest BCUT2D eigenvalue weighted by atomic mass is 10.6. The first kappa shape index (κ1) is 9.21. The minimum atomic E-state index is -0.435. The van der Waals surface area contributed by atoms with Crippen molar-refractivity contribution in [3.8, 4) is 0 Å². The number of rotatable bonds is 1. The summed E-state index contributed by atoms with van der Waals surface area (Å²) in [5.41, 5.74) is 0. The predicted octanol–water partition coefficient (Wildman–Crippen LogP) is 2.19. The van der Waals surface area contributed by atoms with Gasteiger partial charge in [0.15, 0.2) is 13.0 Å². The molecule has 0 saturated heterocycles. The molecule has 0 aliphatic carbocycles.